The van der Waals surface area contributed by atoms with E-state index in [9.17, 15) is 9.90 Å². The van der Waals surface area contributed by atoms with Crippen molar-refractivity contribution >= 4 is 5.91 Å². The summed E-state index contributed by atoms with van der Waals surface area (Å²) in [6.07, 6.45) is 2.34. The number of carbonyl (C=O) groups is 1. The minimum Gasteiger partial charge on any atom is -0.508 e. The first kappa shape index (κ1) is 14.8. The van der Waals surface area contributed by atoms with E-state index in [1.54, 1.807) is 25.3 Å². The fourth-order valence-corrected chi connectivity index (χ4v) is 2.71. The zero-order chi connectivity index (χ0) is 14.5. The van der Waals surface area contributed by atoms with E-state index in [1.807, 2.05) is 6.07 Å². The van der Waals surface area contributed by atoms with Gasteiger partial charge >= 0.3 is 0 Å². The van der Waals surface area contributed by atoms with Gasteiger partial charge in [0.05, 0.1) is 6.10 Å². The van der Waals surface area contributed by atoms with Crippen molar-refractivity contribution in [2.45, 2.75) is 38.0 Å². The van der Waals surface area contributed by atoms with Gasteiger partial charge in [0.25, 0.3) is 0 Å². The molecule has 110 valence electrons. The summed E-state index contributed by atoms with van der Waals surface area (Å²) in [7, 11) is 1.66. The van der Waals surface area contributed by atoms with Crippen LogP contribution in [-0.2, 0) is 16.1 Å². The van der Waals surface area contributed by atoms with Crippen LogP contribution in [0.3, 0.4) is 0 Å². The van der Waals surface area contributed by atoms with E-state index in [-0.39, 0.29) is 29.7 Å². The first-order chi connectivity index (χ1) is 9.60. The van der Waals surface area contributed by atoms with Crippen LogP contribution in [0.25, 0.3) is 0 Å². The maximum absolute atomic E-state index is 12.1. The van der Waals surface area contributed by atoms with Gasteiger partial charge in [-0.2, -0.15) is 0 Å². The minimum absolute atomic E-state index is 0.0262. The van der Waals surface area contributed by atoms with Gasteiger partial charge in [0.1, 0.15) is 5.75 Å². The molecule has 0 aliphatic heterocycles. The molecule has 1 aliphatic rings. The first-order valence-corrected chi connectivity index (χ1v) is 6.94. The summed E-state index contributed by atoms with van der Waals surface area (Å²) in [5.41, 5.74) is 6.89. The fourth-order valence-electron chi connectivity index (χ4n) is 2.71. The Morgan fingerprint density at radius 1 is 1.50 bits per heavy atom. The molecule has 0 unspecified atom stereocenters. The molecule has 5 heteroatoms. The van der Waals surface area contributed by atoms with Gasteiger partial charge in [-0.05, 0) is 37.0 Å². The Labute approximate surface area is 119 Å². The highest BCUT2D eigenvalue weighted by Crippen LogP contribution is 2.25. The van der Waals surface area contributed by atoms with Gasteiger partial charge in [0.2, 0.25) is 5.91 Å². The number of benzene rings is 1. The monoisotopic (exact) mass is 278 g/mol. The number of ether oxygens (including phenoxy) is 1. The molecule has 0 heterocycles. The molecule has 0 saturated heterocycles. The topological polar surface area (TPSA) is 84.6 Å². The van der Waals surface area contributed by atoms with Crippen LogP contribution in [0.15, 0.2) is 24.3 Å². The molecule has 1 amide bonds. The number of rotatable bonds is 4. The lowest BCUT2D eigenvalue weighted by atomic mass is 9.83. The molecule has 2 rings (SSSR count). The molecule has 1 fully saturated rings. The van der Waals surface area contributed by atoms with Crippen LogP contribution in [-0.4, -0.2) is 30.3 Å². The van der Waals surface area contributed by atoms with Gasteiger partial charge in [-0.15, -0.1) is 0 Å². The SMILES string of the molecule is CO[C@@H]1CC[C@H](C(=O)NCc2cccc(O)c2)C[C@H]1N. The van der Waals surface area contributed by atoms with Crippen LogP contribution >= 0.6 is 0 Å². The Bertz CT molecular complexity index is 464. The molecule has 0 radical (unpaired) electrons. The molecule has 0 aromatic heterocycles. The van der Waals surface area contributed by atoms with Crippen molar-refractivity contribution in [3.63, 3.8) is 0 Å². The zero-order valence-electron chi connectivity index (χ0n) is 11.7. The lowest BCUT2D eigenvalue weighted by molar-refractivity contribution is -0.127. The van der Waals surface area contributed by atoms with Crippen LogP contribution in [0.1, 0.15) is 24.8 Å². The normalized spacial score (nSPS) is 26.2. The smallest absolute Gasteiger partial charge is 0.223 e. The van der Waals surface area contributed by atoms with Crippen LogP contribution in [0.2, 0.25) is 0 Å². The van der Waals surface area contributed by atoms with Gasteiger partial charge in [-0.3, -0.25) is 4.79 Å². The summed E-state index contributed by atoms with van der Waals surface area (Å²) in [5, 5.41) is 12.3. The molecule has 1 aromatic rings. The number of nitrogens with one attached hydrogen (secondary N) is 1. The van der Waals surface area contributed by atoms with Crippen molar-refractivity contribution in [1.29, 1.82) is 0 Å². The highest BCUT2D eigenvalue weighted by atomic mass is 16.5. The van der Waals surface area contributed by atoms with Gasteiger partial charge in [0, 0.05) is 25.6 Å². The Balaban J connectivity index is 1.83. The summed E-state index contributed by atoms with van der Waals surface area (Å²) in [4.78, 5) is 12.1. The molecular weight excluding hydrogens is 256 g/mol. The molecule has 0 spiro atoms. The summed E-state index contributed by atoms with van der Waals surface area (Å²) in [6.45, 7) is 0.423. The molecule has 3 atom stereocenters. The predicted octanol–water partition coefficient (Wildman–Crippen LogP) is 1.15. The average Bonchev–Trinajstić information content (AvgIpc) is 2.44. The Morgan fingerprint density at radius 2 is 2.30 bits per heavy atom. The molecular formula is C15H22N2O3. The minimum atomic E-state index is -0.0785. The van der Waals surface area contributed by atoms with Gasteiger partial charge in [-0.1, -0.05) is 12.1 Å². The molecule has 1 saturated carbocycles. The van der Waals surface area contributed by atoms with Crippen molar-refractivity contribution in [3.8, 4) is 5.75 Å². The van der Waals surface area contributed by atoms with Crippen LogP contribution in [0, 0.1) is 5.92 Å². The van der Waals surface area contributed by atoms with Crippen LogP contribution in [0.5, 0.6) is 5.75 Å². The Hall–Kier alpha value is -1.59. The number of carbonyl (C=O) groups excluding carboxylic acids is 1. The summed E-state index contributed by atoms with van der Waals surface area (Å²) < 4.78 is 5.29. The van der Waals surface area contributed by atoms with Crippen molar-refractivity contribution < 1.29 is 14.6 Å². The number of phenols is 1. The van der Waals surface area contributed by atoms with Gasteiger partial charge in [-0.25, -0.2) is 0 Å². The van der Waals surface area contributed by atoms with E-state index in [0.29, 0.717) is 13.0 Å². The number of amides is 1. The molecule has 1 aromatic carbocycles. The van der Waals surface area contributed by atoms with Crippen LogP contribution < -0.4 is 11.1 Å². The number of methoxy groups -OCH3 is 1. The average molecular weight is 278 g/mol. The molecule has 1 aliphatic carbocycles. The van der Waals surface area contributed by atoms with Crippen molar-refractivity contribution in [3.05, 3.63) is 29.8 Å². The third-order valence-electron chi connectivity index (χ3n) is 3.88. The second-order valence-corrected chi connectivity index (χ2v) is 5.34. The lowest BCUT2D eigenvalue weighted by Crippen LogP contribution is -2.45. The molecule has 0 bridgehead atoms. The van der Waals surface area contributed by atoms with E-state index in [1.165, 1.54) is 0 Å². The standard InChI is InChI=1S/C15H22N2O3/c1-20-14-6-5-11(8-13(14)16)15(19)17-9-10-3-2-4-12(18)7-10/h2-4,7,11,13-14,18H,5-6,8-9,16H2,1H3,(H,17,19)/t11-,13+,14+/m0/s1. The maximum Gasteiger partial charge on any atom is 0.223 e. The van der Waals surface area contributed by atoms with E-state index >= 15 is 0 Å². The van der Waals surface area contributed by atoms with Gasteiger partial charge in [0.15, 0.2) is 0 Å². The second kappa shape index (κ2) is 6.72. The number of nitrogens with two attached hydrogens (primary N) is 1. The summed E-state index contributed by atoms with van der Waals surface area (Å²) in [6, 6.07) is 6.80. The van der Waals surface area contributed by atoms with Crippen molar-refractivity contribution in [2.24, 2.45) is 11.7 Å². The van der Waals surface area contributed by atoms with Crippen LogP contribution in [0.4, 0.5) is 0 Å². The Kier molecular flexibility index (Phi) is 4.98. The lowest BCUT2D eigenvalue weighted by Gasteiger charge is -2.32. The molecule has 4 N–H and O–H groups in total. The van der Waals surface area contributed by atoms with E-state index in [2.05, 4.69) is 5.32 Å². The second-order valence-electron chi connectivity index (χ2n) is 5.34. The number of aromatic hydroxyl groups is 1. The first-order valence-electron chi connectivity index (χ1n) is 6.94. The van der Waals surface area contributed by atoms with E-state index in [4.69, 9.17) is 10.5 Å². The van der Waals surface area contributed by atoms with Crippen molar-refractivity contribution in [1.82, 2.24) is 5.32 Å². The van der Waals surface area contributed by atoms with E-state index < -0.39 is 0 Å². The molecule has 20 heavy (non-hydrogen) atoms. The third-order valence-corrected chi connectivity index (χ3v) is 3.88. The largest absolute Gasteiger partial charge is 0.508 e. The highest BCUT2D eigenvalue weighted by Gasteiger charge is 2.31. The predicted molar refractivity (Wildman–Crippen MR) is 76.1 cm³/mol. The highest BCUT2D eigenvalue weighted by molar-refractivity contribution is 5.78. The molecule has 5 nitrogen and oxygen atoms in total. The summed E-state index contributed by atoms with van der Waals surface area (Å²) >= 11 is 0. The number of hydrogen-bond acceptors (Lipinski definition) is 4. The fraction of sp³-hybridized carbons (Fsp3) is 0.533. The number of phenolic OH excluding ortho intramolecular Hbond substituents is 1. The maximum atomic E-state index is 12.1. The van der Waals surface area contributed by atoms with Gasteiger partial charge < -0.3 is 20.9 Å². The van der Waals surface area contributed by atoms with E-state index in [0.717, 1.165) is 18.4 Å². The Morgan fingerprint density at radius 3 is 2.95 bits per heavy atom. The zero-order valence-corrected chi connectivity index (χ0v) is 11.7. The third kappa shape index (κ3) is 3.71. The number of hydrogen-bond donors (Lipinski definition) is 3. The summed E-state index contributed by atoms with van der Waals surface area (Å²) in [5.74, 6) is 0.187. The quantitative estimate of drug-likeness (QED) is 0.771. The van der Waals surface area contributed by atoms with Crippen molar-refractivity contribution in [2.75, 3.05) is 7.11 Å².